The average Bonchev–Trinajstić information content (AvgIpc) is 2.77. The first kappa shape index (κ1) is 20.8. The van der Waals surface area contributed by atoms with Crippen molar-refractivity contribution in [2.45, 2.75) is 76.6 Å². The van der Waals surface area contributed by atoms with Crippen LogP contribution in [0.1, 0.15) is 58.3 Å². The molecule has 0 aromatic rings. The van der Waals surface area contributed by atoms with Crippen LogP contribution in [0.3, 0.4) is 0 Å². The molecule has 0 amide bonds. The van der Waals surface area contributed by atoms with Crippen molar-refractivity contribution in [2.75, 3.05) is 0 Å². The Morgan fingerprint density at radius 3 is 2.50 bits per heavy atom. The average molecular weight is 342 g/mol. The highest BCUT2D eigenvalue weighted by atomic mass is 16.4. The zero-order valence-corrected chi connectivity index (χ0v) is 14.3. The molecule has 1 saturated carbocycles. The van der Waals surface area contributed by atoms with E-state index >= 15 is 0 Å². The predicted octanol–water partition coefficient (Wildman–Crippen LogP) is 1.67. The quantitative estimate of drug-likeness (QED) is 0.335. The molecule has 0 aromatic carbocycles. The van der Waals surface area contributed by atoms with Crippen LogP contribution in [-0.2, 0) is 9.59 Å². The first-order chi connectivity index (χ1) is 11.3. The molecule has 0 spiro atoms. The number of carbonyl (C=O) groups is 2. The maximum atomic E-state index is 11.9. The Morgan fingerprint density at radius 1 is 1.17 bits per heavy atom. The molecule has 0 heterocycles. The van der Waals surface area contributed by atoms with Crippen molar-refractivity contribution >= 4 is 11.8 Å². The Kier molecular flexibility index (Phi) is 9.18. The Balaban J connectivity index is 2.58. The lowest BCUT2D eigenvalue weighted by molar-refractivity contribution is -0.138. The summed E-state index contributed by atoms with van der Waals surface area (Å²) in [5, 5.41) is 38.7. The fraction of sp³-hybridized carbons (Fsp3) is 0.778. The van der Waals surface area contributed by atoms with E-state index in [0.29, 0.717) is 6.42 Å². The van der Waals surface area contributed by atoms with Gasteiger partial charge in [0, 0.05) is 31.1 Å². The Hall–Kier alpha value is -1.24. The van der Waals surface area contributed by atoms with E-state index in [1.807, 2.05) is 0 Å². The van der Waals surface area contributed by atoms with E-state index in [-0.39, 0.29) is 31.5 Å². The van der Waals surface area contributed by atoms with Gasteiger partial charge in [-0.1, -0.05) is 38.3 Å². The molecule has 0 saturated heterocycles. The zero-order chi connectivity index (χ0) is 18.1. The largest absolute Gasteiger partial charge is 0.481 e. The number of hydrogen-bond donors (Lipinski definition) is 4. The van der Waals surface area contributed by atoms with Crippen LogP contribution in [0.25, 0.3) is 0 Å². The second kappa shape index (κ2) is 10.6. The van der Waals surface area contributed by atoms with Crippen LogP contribution in [-0.4, -0.2) is 50.5 Å². The minimum atomic E-state index is -1.03. The van der Waals surface area contributed by atoms with E-state index in [1.165, 1.54) is 0 Å². The first-order valence-corrected chi connectivity index (χ1v) is 8.81. The van der Waals surface area contributed by atoms with Crippen molar-refractivity contribution in [3.63, 3.8) is 0 Å². The van der Waals surface area contributed by atoms with Gasteiger partial charge in [0.25, 0.3) is 0 Å². The van der Waals surface area contributed by atoms with Crippen LogP contribution < -0.4 is 0 Å². The number of ketones is 1. The van der Waals surface area contributed by atoms with Gasteiger partial charge >= 0.3 is 5.97 Å². The van der Waals surface area contributed by atoms with Gasteiger partial charge in [-0.2, -0.15) is 0 Å². The summed E-state index contributed by atoms with van der Waals surface area (Å²) in [6.45, 7) is 2.09. The molecule has 5 atom stereocenters. The predicted molar refractivity (Wildman–Crippen MR) is 89.4 cm³/mol. The molecule has 1 aliphatic rings. The summed E-state index contributed by atoms with van der Waals surface area (Å²) in [6, 6.07) is 0. The van der Waals surface area contributed by atoms with Crippen LogP contribution in [0.15, 0.2) is 12.2 Å². The molecule has 0 aliphatic heterocycles. The monoisotopic (exact) mass is 342 g/mol. The summed E-state index contributed by atoms with van der Waals surface area (Å²) in [7, 11) is 0. The van der Waals surface area contributed by atoms with Gasteiger partial charge in [-0.05, 0) is 6.42 Å². The van der Waals surface area contributed by atoms with Gasteiger partial charge in [-0.25, -0.2) is 0 Å². The number of carboxylic acids is 1. The summed E-state index contributed by atoms with van der Waals surface area (Å²) >= 11 is 0. The number of hydrogen-bond acceptors (Lipinski definition) is 5. The van der Waals surface area contributed by atoms with Gasteiger partial charge < -0.3 is 20.4 Å². The van der Waals surface area contributed by atoms with E-state index in [4.69, 9.17) is 5.11 Å². The number of aliphatic hydroxyl groups excluding tert-OH is 3. The normalized spacial score (nSPS) is 28.3. The number of carbonyl (C=O) groups excluding carboxylic acids is 1. The molecule has 1 aliphatic carbocycles. The lowest BCUT2D eigenvalue weighted by Gasteiger charge is -2.20. The number of unbranched alkanes of at least 4 members (excludes halogenated alkanes) is 2. The number of aliphatic hydroxyl groups is 3. The standard InChI is InChI=1S/C18H30O6/c1-2-3-4-5-12(19)6-8-14-15(17(22)11-16(14)21)10-13(20)7-9-18(23)24/h6,8,12,14-17,19,21-22H,2-5,7,9-11H2,1H3,(H,23,24)/b8-6+. The van der Waals surface area contributed by atoms with Crippen molar-refractivity contribution in [2.24, 2.45) is 11.8 Å². The van der Waals surface area contributed by atoms with Gasteiger partial charge in [-0.15, -0.1) is 0 Å². The fourth-order valence-corrected chi connectivity index (χ4v) is 3.23. The Bertz CT molecular complexity index is 433. The van der Waals surface area contributed by atoms with Crippen molar-refractivity contribution < 1.29 is 30.0 Å². The molecule has 24 heavy (non-hydrogen) atoms. The SMILES string of the molecule is CCCCCC(O)/C=C/C1C(O)CC(O)C1CC(=O)CCC(=O)O. The van der Waals surface area contributed by atoms with E-state index in [1.54, 1.807) is 12.2 Å². The smallest absolute Gasteiger partial charge is 0.303 e. The maximum absolute atomic E-state index is 11.9. The Morgan fingerprint density at radius 2 is 1.88 bits per heavy atom. The highest BCUT2D eigenvalue weighted by Gasteiger charge is 2.41. The number of carboxylic acid groups (broad SMARTS) is 1. The first-order valence-electron chi connectivity index (χ1n) is 8.81. The summed E-state index contributed by atoms with van der Waals surface area (Å²) in [5.74, 6) is -2.07. The molecule has 5 unspecified atom stereocenters. The van der Waals surface area contributed by atoms with E-state index in [0.717, 1.165) is 19.3 Å². The van der Waals surface area contributed by atoms with E-state index in [9.17, 15) is 24.9 Å². The molecule has 6 heteroatoms. The third kappa shape index (κ3) is 7.11. The van der Waals surface area contributed by atoms with E-state index in [2.05, 4.69) is 6.92 Å². The van der Waals surface area contributed by atoms with Crippen LogP contribution in [0.5, 0.6) is 0 Å². The van der Waals surface area contributed by atoms with Crippen LogP contribution >= 0.6 is 0 Å². The van der Waals surface area contributed by atoms with Crippen molar-refractivity contribution in [1.82, 2.24) is 0 Å². The molecular weight excluding hydrogens is 312 g/mol. The fourth-order valence-electron chi connectivity index (χ4n) is 3.23. The van der Waals surface area contributed by atoms with Gasteiger partial charge in [0.2, 0.25) is 0 Å². The minimum Gasteiger partial charge on any atom is -0.481 e. The zero-order valence-electron chi connectivity index (χ0n) is 14.3. The van der Waals surface area contributed by atoms with Crippen LogP contribution in [0.2, 0.25) is 0 Å². The molecule has 0 bridgehead atoms. The lowest BCUT2D eigenvalue weighted by atomic mass is 9.87. The molecule has 6 nitrogen and oxygen atoms in total. The third-order valence-corrected chi connectivity index (χ3v) is 4.66. The number of aliphatic carboxylic acids is 1. The van der Waals surface area contributed by atoms with Gasteiger partial charge in [0.05, 0.1) is 24.7 Å². The third-order valence-electron chi connectivity index (χ3n) is 4.66. The van der Waals surface area contributed by atoms with Crippen molar-refractivity contribution in [3.05, 3.63) is 12.2 Å². The van der Waals surface area contributed by atoms with Crippen LogP contribution in [0, 0.1) is 11.8 Å². The highest BCUT2D eigenvalue weighted by molar-refractivity contribution is 5.82. The van der Waals surface area contributed by atoms with Crippen molar-refractivity contribution in [3.8, 4) is 0 Å². The molecule has 1 fully saturated rings. The lowest BCUT2D eigenvalue weighted by Crippen LogP contribution is -2.24. The molecular formula is C18H30O6. The summed E-state index contributed by atoms with van der Waals surface area (Å²) in [5.41, 5.74) is 0. The van der Waals surface area contributed by atoms with Gasteiger partial charge in [-0.3, -0.25) is 9.59 Å². The molecule has 138 valence electrons. The van der Waals surface area contributed by atoms with Crippen molar-refractivity contribution in [1.29, 1.82) is 0 Å². The highest BCUT2D eigenvalue weighted by Crippen LogP contribution is 2.36. The summed E-state index contributed by atoms with van der Waals surface area (Å²) < 4.78 is 0. The summed E-state index contributed by atoms with van der Waals surface area (Å²) in [4.78, 5) is 22.4. The molecule has 4 N–H and O–H groups in total. The topological polar surface area (TPSA) is 115 Å². The van der Waals surface area contributed by atoms with Gasteiger partial charge in [0.15, 0.2) is 0 Å². The minimum absolute atomic E-state index is 0.0481. The second-order valence-electron chi connectivity index (χ2n) is 6.70. The molecule has 0 aromatic heterocycles. The Labute approximate surface area is 143 Å². The second-order valence-corrected chi connectivity index (χ2v) is 6.70. The van der Waals surface area contributed by atoms with Crippen LogP contribution in [0.4, 0.5) is 0 Å². The van der Waals surface area contributed by atoms with E-state index < -0.39 is 36.1 Å². The number of Topliss-reactive ketones (excluding diaryl/α,β-unsaturated/α-hetero) is 1. The number of rotatable bonds is 11. The maximum Gasteiger partial charge on any atom is 0.303 e. The van der Waals surface area contributed by atoms with Gasteiger partial charge in [0.1, 0.15) is 5.78 Å². The summed E-state index contributed by atoms with van der Waals surface area (Å²) in [6.07, 6.45) is 4.86. The molecule has 0 radical (unpaired) electrons. The molecule has 1 rings (SSSR count).